The van der Waals surface area contributed by atoms with E-state index in [0.717, 1.165) is 0 Å². The van der Waals surface area contributed by atoms with Crippen molar-refractivity contribution in [3.8, 4) is 0 Å². The summed E-state index contributed by atoms with van der Waals surface area (Å²) in [5.41, 5.74) is 1.39. The third-order valence-corrected chi connectivity index (χ3v) is 3.98. The quantitative estimate of drug-likeness (QED) is 0.533. The SMILES string of the molecule is CN1C=[As]c2ccccc21. The van der Waals surface area contributed by atoms with Crippen LogP contribution in [0.3, 0.4) is 0 Å². The Balaban J connectivity index is 2.59. The van der Waals surface area contributed by atoms with E-state index in [1.165, 1.54) is 10.0 Å². The molecule has 1 aromatic rings. The number of para-hydroxylation sites is 1. The summed E-state index contributed by atoms with van der Waals surface area (Å²) in [5, 5.41) is 0. The van der Waals surface area contributed by atoms with E-state index in [1.807, 2.05) is 0 Å². The van der Waals surface area contributed by atoms with E-state index in [4.69, 9.17) is 0 Å². The predicted molar refractivity (Wildman–Crippen MR) is 46.3 cm³/mol. The summed E-state index contributed by atoms with van der Waals surface area (Å²) in [6.45, 7) is 0. The Bertz CT molecular complexity index is 280. The number of anilines is 1. The molecular weight excluding hydrogens is 185 g/mol. The Morgan fingerprint density at radius 1 is 1.30 bits per heavy atom. The zero-order valence-electron chi connectivity index (χ0n) is 5.78. The van der Waals surface area contributed by atoms with Crippen molar-refractivity contribution in [2.24, 2.45) is 0 Å². The molecule has 50 valence electrons. The van der Waals surface area contributed by atoms with Crippen molar-refractivity contribution >= 4 is 30.3 Å². The average molecular weight is 193 g/mol. The van der Waals surface area contributed by atoms with Crippen LogP contribution in [0.4, 0.5) is 5.69 Å². The number of rotatable bonds is 0. The molecule has 0 radical (unpaired) electrons. The van der Waals surface area contributed by atoms with Gasteiger partial charge in [-0.3, -0.25) is 0 Å². The van der Waals surface area contributed by atoms with Gasteiger partial charge in [-0.1, -0.05) is 0 Å². The minimum atomic E-state index is 0.317. The Labute approximate surface area is 66.9 Å². The molecule has 0 fully saturated rings. The minimum absolute atomic E-state index is 0.317. The van der Waals surface area contributed by atoms with E-state index in [-0.39, 0.29) is 0 Å². The molecule has 1 heterocycles. The summed E-state index contributed by atoms with van der Waals surface area (Å²) in [6.07, 6.45) is 0. The topological polar surface area (TPSA) is 3.24 Å². The van der Waals surface area contributed by atoms with Crippen molar-refractivity contribution in [1.29, 1.82) is 0 Å². The van der Waals surface area contributed by atoms with Gasteiger partial charge in [-0.2, -0.15) is 0 Å². The van der Waals surface area contributed by atoms with Crippen LogP contribution in [0.1, 0.15) is 0 Å². The van der Waals surface area contributed by atoms with Crippen LogP contribution >= 0.6 is 0 Å². The van der Waals surface area contributed by atoms with Crippen LogP contribution < -0.4 is 9.25 Å². The van der Waals surface area contributed by atoms with Gasteiger partial charge in [0.05, 0.1) is 0 Å². The van der Waals surface area contributed by atoms with Gasteiger partial charge in [0.15, 0.2) is 0 Å². The molecule has 10 heavy (non-hydrogen) atoms. The Morgan fingerprint density at radius 3 is 2.90 bits per heavy atom. The van der Waals surface area contributed by atoms with Crippen LogP contribution in [0.2, 0.25) is 0 Å². The number of nitrogens with zero attached hydrogens (tertiary/aromatic N) is 1. The molecule has 0 unspecified atom stereocenters. The molecule has 0 aromatic heterocycles. The number of fused-ring (bicyclic) bond motifs is 1. The fourth-order valence-electron chi connectivity index (χ4n) is 1.08. The molecule has 1 aliphatic rings. The van der Waals surface area contributed by atoms with Crippen LogP contribution in [0.15, 0.2) is 24.3 Å². The molecular formula is C8H8AsN. The third kappa shape index (κ3) is 0.819. The summed E-state index contributed by atoms with van der Waals surface area (Å²) in [7, 11) is 2.11. The summed E-state index contributed by atoms with van der Waals surface area (Å²) < 4.78 is 1.53. The Hall–Kier alpha value is -0.552. The Morgan fingerprint density at radius 2 is 2.10 bits per heavy atom. The van der Waals surface area contributed by atoms with Crippen molar-refractivity contribution in [2.75, 3.05) is 11.9 Å². The van der Waals surface area contributed by atoms with Crippen molar-refractivity contribution in [3.05, 3.63) is 24.3 Å². The van der Waals surface area contributed by atoms with E-state index in [9.17, 15) is 0 Å². The number of hydrogen-bond donors (Lipinski definition) is 0. The zero-order valence-corrected chi connectivity index (χ0v) is 7.66. The van der Waals surface area contributed by atoms with Gasteiger partial charge in [0.2, 0.25) is 0 Å². The van der Waals surface area contributed by atoms with Crippen LogP contribution in [0.25, 0.3) is 0 Å². The predicted octanol–water partition coefficient (Wildman–Crippen LogP) is 0.226. The van der Waals surface area contributed by atoms with Crippen molar-refractivity contribution in [2.45, 2.75) is 0 Å². The average Bonchev–Trinajstić information content (AvgIpc) is 2.34. The van der Waals surface area contributed by atoms with E-state index < -0.39 is 0 Å². The Kier molecular flexibility index (Phi) is 1.39. The van der Waals surface area contributed by atoms with Crippen LogP contribution in [0.5, 0.6) is 0 Å². The third-order valence-electron chi connectivity index (χ3n) is 1.63. The second kappa shape index (κ2) is 2.25. The van der Waals surface area contributed by atoms with E-state index in [2.05, 4.69) is 41.1 Å². The monoisotopic (exact) mass is 193 g/mol. The summed E-state index contributed by atoms with van der Waals surface area (Å²) >= 11 is 0.317. The molecule has 1 aliphatic heterocycles. The van der Waals surface area contributed by atoms with E-state index in [1.54, 1.807) is 0 Å². The standard InChI is InChI=1S/C8H8AsN/c1-10-6-9-7-4-2-3-5-8(7)10/h2-6H,1H3. The van der Waals surface area contributed by atoms with Crippen LogP contribution in [-0.4, -0.2) is 27.3 Å². The van der Waals surface area contributed by atoms with Crippen LogP contribution in [-0.2, 0) is 0 Å². The van der Waals surface area contributed by atoms with Gasteiger partial charge < -0.3 is 0 Å². The van der Waals surface area contributed by atoms with Gasteiger partial charge in [-0.15, -0.1) is 0 Å². The maximum atomic E-state index is 2.29. The van der Waals surface area contributed by atoms with Crippen molar-refractivity contribution in [3.63, 3.8) is 0 Å². The zero-order chi connectivity index (χ0) is 6.97. The van der Waals surface area contributed by atoms with Gasteiger partial charge >= 0.3 is 66.5 Å². The molecule has 0 aliphatic carbocycles. The summed E-state index contributed by atoms with van der Waals surface area (Å²) in [5.74, 6) is 0. The number of hydrogen-bond acceptors (Lipinski definition) is 1. The van der Waals surface area contributed by atoms with Gasteiger partial charge in [0.25, 0.3) is 0 Å². The van der Waals surface area contributed by atoms with Gasteiger partial charge in [0, 0.05) is 0 Å². The maximum absolute atomic E-state index is 2.29. The van der Waals surface area contributed by atoms with Crippen molar-refractivity contribution < 1.29 is 0 Å². The summed E-state index contributed by atoms with van der Waals surface area (Å²) in [4.78, 5) is 4.51. The first kappa shape index (κ1) is 6.18. The number of benzene rings is 1. The van der Waals surface area contributed by atoms with E-state index in [0.29, 0.717) is 15.3 Å². The molecule has 1 aromatic carbocycles. The fourth-order valence-corrected chi connectivity index (χ4v) is 3.09. The van der Waals surface area contributed by atoms with Crippen molar-refractivity contribution in [1.82, 2.24) is 0 Å². The molecule has 1 nitrogen and oxygen atoms in total. The first-order chi connectivity index (χ1) is 4.88. The molecule has 0 saturated carbocycles. The fraction of sp³-hybridized carbons (Fsp3) is 0.125. The normalized spacial score (nSPS) is 15.5. The molecule has 2 rings (SSSR count). The summed E-state index contributed by atoms with van der Waals surface area (Å²) in [6, 6.07) is 8.60. The van der Waals surface area contributed by atoms with Gasteiger partial charge in [0.1, 0.15) is 0 Å². The second-order valence-electron chi connectivity index (χ2n) is 2.34. The van der Waals surface area contributed by atoms with Crippen LogP contribution in [0, 0.1) is 0 Å². The molecule has 0 saturated heterocycles. The molecule has 0 spiro atoms. The molecule has 2 heteroatoms. The molecule has 0 atom stereocenters. The van der Waals surface area contributed by atoms with E-state index >= 15 is 0 Å². The first-order valence-corrected chi connectivity index (χ1v) is 5.26. The first-order valence-electron chi connectivity index (χ1n) is 3.24. The van der Waals surface area contributed by atoms with Gasteiger partial charge in [-0.25, -0.2) is 0 Å². The molecule has 0 N–H and O–H groups in total. The molecule has 0 amide bonds. The van der Waals surface area contributed by atoms with Gasteiger partial charge in [-0.05, 0) is 0 Å². The second-order valence-corrected chi connectivity index (χ2v) is 4.38. The molecule has 0 bridgehead atoms.